The molecule has 0 atom stereocenters. The predicted molar refractivity (Wildman–Crippen MR) is 62.6 cm³/mol. The summed E-state index contributed by atoms with van der Waals surface area (Å²) in [4.78, 5) is 32.2. The minimum absolute atomic E-state index is 0.422. The van der Waals surface area contributed by atoms with Crippen molar-refractivity contribution in [3.63, 3.8) is 0 Å². The van der Waals surface area contributed by atoms with Crippen molar-refractivity contribution in [2.45, 2.75) is 0 Å². The third kappa shape index (κ3) is 2.64. The average Bonchev–Trinajstić information content (AvgIpc) is 2.27. The predicted octanol–water partition coefficient (Wildman–Crippen LogP) is 2.62. The Hall–Kier alpha value is -1.83. The minimum Gasteiger partial charge on any atom is -0.281 e. The highest BCUT2D eigenvalue weighted by Gasteiger charge is 2.30. The number of rotatable bonds is 3. The Morgan fingerprint density at radius 1 is 1.47 bits per heavy atom. The van der Waals surface area contributed by atoms with Crippen LogP contribution in [0.15, 0.2) is 22.8 Å². The second kappa shape index (κ2) is 4.58. The van der Waals surface area contributed by atoms with Crippen LogP contribution in [0.3, 0.4) is 0 Å². The summed E-state index contributed by atoms with van der Waals surface area (Å²) in [5, 5.41) is 9.88. The summed E-state index contributed by atoms with van der Waals surface area (Å²) in [5.41, 5.74) is -0.949. The van der Waals surface area contributed by atoms with Gasteiger partial charge in [-0.1, -0.05) is 0 Å². The van der Waals surface area contributed by atoms with Gasteiger partial charge in [0.15, 0.2) is 0 Å². The Labute approximate surface area is 97.4 Å². The van der Waals surface area contributed by atoms with E-state index >= 15 is 0 Å². The summed E-state index contributed by atoms with van der Waals surface area (Å²) < 4.78 is 15.7. The van der Waals surface area contributed by atoms with Gasteiger partial charge in [-0.2, -0.15) is 0 Å². The van der Waals surface area contributed by atoms with Crippen LogP contribution < -0.4 is 0 Å². The fourth-order valence-corrected chi connectivity index (χ4v) is 1.90. The number of halogens is 1. The first kappa shape index (κ1) is 13.2. The van der Waals surface area contributed by atoms with E-state index < -0.39 is 37.3 Å². The van der Waals surface area contributed by atoms with Gasteiger partial charge in [-0.15, -0.1) is 4.91 Å². The van der Waals surface area contributed by atoms with E-state index in [1.165, 1.54) is 12.5 Å². The molecule has 0 unspecified atom stereocenters. The largest absolute Gasteiger partial charge is 0.281 e. The van der Waals surface area contributed by atoms with Gasteiger partial charge in [-0.25, -0.2) is 4.39 Å². The second-order valence-electron chi connectivity index (χ2n) is 3.55. The van der Waals surface area contributed by atoms with Gasteiger partial charge < -0.3 is 0 Å². The smallest absolute Gasteiger partial charge is 0.281 e. The third-order valence-corrected chi connectivity index (χ3v) is 3.52. The lowest BCUT2D eigenvalue weighted by Gasteiger charge is -2.18. The van der Waals surface area contributed by atoms with Gasteiger partial charge >= 0.3 is 0 Å². The number of nitro groups is 1. The molecule has 0 saturated heterocycles. The molecule has 0 saturated carbocycles. The lowest BCUT2D eigenvalue weighted by Crippen LogP contribution is -2.10. The van der Waals surface area contributed by atoms with Crippen molar-refractivity contribution in [3.05, 3.63) is 44.6 Å². The Morgan fingerprint density at radius 3 is 2.53 bits per heavy atom. The van der Waals surface area contributed by atoms with Crippen LogP contribution in [0.1, 0.15) is 10.4 Å². The van der Waals surface area contributed by atoms with Gasteiger partial charge in [-0.05, 0) is 39.4 Å². The molecular weight excluding hydrogens is 251 g/mol. The molecule has 0 aliphatic rings. The molecule has 0 fully saturated rings. The van der Waals surface area contributed by atoms with Gasteiger partial charge in [0.2, 0.25) is 5.12 Å². The van der Waals surface area contributed by atoms with E-state index in [2.05, 4.69) is 4.58 Å². The van der Waals surface area contributed by atoms with Crippen LogP contribution in [0.4, 0.5) is 10.1 Å². The zero-order valence-corrected chi connectivity index (χ0v) is 9.86. The Balaban J connectivity index is 3.39. The quantitative estimate of drug-likeness (QED) is 0.474. The monoisotopic (exact) mass is 260 g/mol. The van der Waals surface area contributed by atoms with Crippen LogP contribution in [0.25, 0.3) is 0 Å². The highest BCUT2D eigenvalue weighted by molar-refractivity contribution is 8.43. The van der Waals surface area contributed by atoms with Crippen LogP contribution in [-0.4, -0.2) is 22.6 Å². The number of hydrogen-bond acceptors (Lipinski definition) is 5. The van der Waals surface area contributed by atoms with E-state index in [1.54, 1.807) is 0 Å². The van der Waals surface area contributed by atoms with Crippen molar-refractivity contribution in [1.82, 2.24) is 0 Å². The zero-order valence-electron chi connectivity index (χ0n) is 9.05. The van der Waals surface area contributed by atoms with E-state index in [4.69, 9.17) is 0 Å². The summed E-state index contributed by atoms with van der Waals surface area (Å²) >= 11 is 0. The van der Waals surface area contributed by atoms with E-state index in [0.717, 1.165) is 18.2 Å². The number of carbonyl (C=O) groups excluding carboxylic acids is 1. The standard InChI is InChI=1S/C9H9FN2O4S/c1-17(2,11-14)9(13)7-5-6(10)3-4-8(7)12(15)16/h3-5H,1-2H3. The van der Waals surface area contributed by atoms with Crippen molar-refractivity contribution in [2.24, 2.45) is 4.58 Å². The molecule has 0 spiro atoms. The van der Waals surface area contributed by atoms with Crippen molar-refractivity contribution in [2.75, 3.05) is 12.5 Å². The molecule has 0 bridgehead atoms. The molecule has 0 heterocycles. The maximum Gasteiger partial charge on any atom is 0.281 e. The van der Waals surface area contributed by atoms with Crippen LogP contribution in [0.2, 0.25) is 0 Å². The highest BCUT2D eigenvalue weighted by atomic mass is 32.3. The van der Waals surface area contributed by atoms with Gasteiger partial charge in [0, 0.05) is 6.07 Å². The summed E-state index contributed by atoms with van der Waals surface area (Å²) in [6, 6.07) is 2.52. The Bertz CT molecular complexity index is 504. The summed E-state index contributed by atoms with van der Waals surface area (Å²) in [5.74, 6) is -0.778. The van der Waals surface area contributed by atoms with E-state index in [1.807, 2.05) is 0 Å². The topological polar surface area (TPSA) is 89.6 Å². The molecule has 0 radical (unpaired) electrons. The van der Waals surface area contributed by atoms with E-state index in [-0.39, 0.29) is 0 Å². The fraction of sp³-hybridized carbons (Fsp3) is 0.222. The fourth-order valence-electron chi connectivity index (χ4n) is 1.13. The lowest BCUT2D eigenvalue weighted by atomic mass is 10.2. The van der Waals surface area contributed by atoms with Crippen LogP contribution in [0, 0.1) is 20.8 Å². The molecule has 1 aromatic rings. The van der Waals surface area contributed by atoms with Gasteiger partial charge in [0.25, 0.3) is 5.69 Å². The number of nitrogens with zero attached hydrogens (tertiary/aromatic N) is 2. The van der Waals surface area contributed by atoms with Crippen LogP contribution in [-0.2, 0) is 0 Å². The van der Waals surface area contributed by atoms with Gasteiger partial charge in [0.05, 0.1) is 4.92 Å². The number of carbonyl (C=O) groups is 1. The van der Waals surface area contributed by atoms with Crippen LogP contribution in [0.5, 0.6) is 0 Å². The number of benzene rings is 1. The first-order chi connectivity index (χ1) is 7.79. The third-order valence-electron chi connectivity index (χ3n) is 2.02. The molecule has 8 heteroatoms. The average molecular weight is 260 g/mol. The maximum atomic E-state index is 13.0. The number of nitro benzene ring substituents is 1. The first-order valence-corrected chi connectivity index (χ1v) is 6.76. The molecule has 0 aliphatic heterocycles. The number of hydrogen-bond donors (Lipinski definition) is 0. The SMILES string of the molecule is CS(C)(N=O)C(=O)c1cc(F)ccc1[N+](=O)[O-]. The van der Waals surface area contributed by atoms with Crippen LogP contribution >= 0.6 is 10.2 Å². The molecule has 0 aromatic heterocycles. The minimum atomic E-state index is -2.56. The van der Waals surface area contributed by atoms with Gasteiger partial charge in [-0.3, -0.25) is 14.9 Å². The van der Waals surface area contributed by atoms with E-state index in [9.17, 15) is 24.2 Å². The summed E-state index contributed by atoms with van der Waals surface area (Å²) in [6.07, 6.45) is 2.58. The molecule has 1 rings (SSSR count). The summed E-state index contributed by atoms with van der Waals surface area (Å²) in [7, 11) is -2.56. The van der Waals surface area contributed by atoms with Crippen molar-refractivity contribution in [1.29, 1.82) is 0 Å². The number of nitroso groups, excluding NO2 is 1. The lowest BCUT2D eigenvalue weighted by molar-refractivity contribution is -0.385. The molecule has 0 amide bonds. The molecule has 17 heavy (non-hydrogen) atoms. The molecular formula is C9H9FN2O4S. The molecule has 92 valence electrons. The first-order valence-electron chi connectivity index (χ1n) is 4.36. The van der Waals surface area contributed by atoms with Gasteiger partial charge in [0.1, 0.15) is 11.4 Å². The highest BCUT2D eigenvalue weighted by Crippen LogP contribution is 2.46. The van der Waals surface area contributed by atoms with Crippen molar-refractivity contribution < 1.29 is 14.1 Å². The zero-order chi connectivity index (χ0) is 13.2. The second-order valence-corrected chi connectivity index (χ2v) is 6.62. The molecule has 0 N–H and O–H groups in total. The molecule has 1 aromatic carbocycles. The van der Waals surface area contributed by atoms with E-state index in [0.29, 0.717) is 0 Å². The Kier molecular flexibility index (Phi) is 3.56. The normalized spacial score (nSPS) is 11.9. The Morgan fingerprint density at radius 2 is 2.06 bits per heavy atom. The van der Waals surface area contributed by atoms with Crippen molar-refractivity contribution >= 4 is 21.0 Å². The van der Waals surface area contributed by atoms with Crippen molar-refractivity contribution in [3.8, 4) is 0 Å². The molecule has 0 aliphatic carbocycles. The summed E-state index contributed by atoms with van der Waals surface area (Å²) in [6.45, 7) is 0. The molecule has 6 nitrogen and oxygen atoms in total. The maximum absolute atomic E-state index is 13.0.